The van der Waals surface area contributed by atoms with Crippen LogP contribution in [0.3, 0.4) is 0 Å². The molecule has 31 heavy (non-hydrogen) atoms. The van der Waals surface area contributed by atoms with Crippen LogP contribution in [0.4, 0.5) is 11.4 Å². The quantitative estimate of drug-likeness (QED) is 0.490. The molecule has 0 bridgehead atoms. The van der Waals surface area contributed by atoms with Crippen LogP contribution < -0.4 is 9.62 Å². The molecule has 0 saturated heterocycles. The molecule has 1 aliphatic rings. The van der Waals surface area contributed by atoms with Crippen LogP contribution in [0.15, 0.2) is 77.8 Å². The fourth-order valence-electron chi connectivity index (χ4n) is 3.97. The van der Waals surface area contributed by atoms with E-state index in [2.05, 4.69) is 9.69 Å². The largest absolute Gasteiger partial charge is 0.322 e. The van der Waals surface area contributed by atoms with E-state index in [1.54, 1.807) is 54.7 Å². The summed E-state index contributed by atoms with van der Waals surface area (Å²) in [6, 6.07) is 19.0. The number of carbonyl (C=O) groups is 1. The van der Waals surface area contributed by atoms with E-state index < -0.39 is 10.0 Å². The number of sulfonamides is 1. The third kappa shape index (κ3) is 3.47. The first-order chi connectivity index (χ1) is 14.9. The number of rotatable bonds is 4. The predicted molar refractivity (Wildman–Crippen MR) is 123 cm³/mol. The Morgan fingerprint density at radius 2 is 1.90 bits per heavy atom. The van der Waals surface area contributed by atoms with Crippen molar-refractivity contribution in [1.29, 1.82) is 0 Å². The zero-order valence-corrected chi connectivity index (χ0v) is 18.3. The lowest BCUT2D eigenvalue weighted by Gasteiger charge is -2.24. The van der Waals surface area contributed by atoms with Gasteiger partial charge in [-0.3, -0.25) is 9.10 Å². The highest BCUT2D eigenvalue weighted by atomic mass is 32.2. The number of benzene rings is 3. The smallest absolute Gasteiger partial charge is 0.264 e. The van der Waals surface area contributed by atoms with Crippen molar-refractivity contribution in [2.24, 2.45) is 0 Å². The van der Waals surface area contributed by atoms with Gasteiger partial charge in [-0.15, -0.1) is 0 Å². The Morgan fingerprint density at radius 3 is 2.71 bits per heavy atom. The van der Waals surface area contributed by atoms with E-state index in [4.69, 9.17) is 0 Å². The summed E-state index contributed by atoms with van der Waals surface area (Å²) in [6.07, 6.45) is 2.32. The first-order valence-electron chi connectivity index (χ1n) is 9.82. The van der Waals surface area contributed by atoms with E-state index in [1.165, 1.54) is 15.8 Å². The molecule has 6 nitrogen and oxygen atoms in total. The van der Waals surface area contributed by atoms with Gasteiger partial charge in [0.2, 0.25) is 0 Å². The van der Waals surface area contributed by atoms with Crippen molar-refractivity contribution >= 4 is 48.9 Å². The molecule has 1 aromatic heterocycles. The van der Waals surface area contributed by atoms with E-state index in [0.29, 0.717) is 23.4 Å². The minimum absolute atomic E-state index is 0.230. The molecule has 0 spiro atoms. The summed E-state index contributed by atoms with van der Waals surface area (Å²) in [7, 11) is -3.67. The fourth-order valence-corrected chi connectivity index (χ4v) is 6.31. The molecule has 1 aliphatic heterocycles. The average molecular weight is 450 g/mol. The second kappa shape index (κ2) is 7.47. The molecule has 1 atom stereocenters. The van der Waals surface area contributed by atoms with Crippen LogP contribution in [0.1, 0.15) is 22.8 Å². The Morgan fingerprint density at radius 1 is 1.10 bits per heavy atom. The number of nitrogens with one attached hydrogen (secondary N) is 1. The molecule has 0 unspecified atom stereocenters. The van der Waals surface area contributed by atoms with Gasteiger partial charge in [0.1, 0.15) is 0 Å². The van der Waals surface area contributed by atoms with Gasteiger partial charge >= 0.3 is 0 Å². The van der Waals surface area contributed by atoms with Gasteiger partial charge in [-0.05, 0) is 79.0 Å². The molecule has 1 N–H and O–H groups in total. The standard InChI is InChI=1S/C23H19N3O3S2/c1-15-11-17-12-16(23(27)25-19-8-10-22-18(13-19)14-24-30-22)7-9-21(17)26(15)31(28,29)20-5-3-2-4-6-20/h2-10,12-15H,11H2,1H3,(H,25,27)/t15-/m1/s1. The van der Waals surface area contributed by atoms with Crippen molar-refractivity contribution < 1.29 is 13.2 Å². The minimum Gasteiger partial charge on any atom is -0.322 e. The molecule has 1 amide bonds. The number of anilines is 2. The lowest BCUT2D eigenvalue weighted by molar-refractivity contribution is 0.102. The van der Waals surface area contributed by atoms with Gasteiger partial charge in [0.05, 0.1) is 15.3 Å². The number of hydrogen-bond donors (Lipinski definition) is 1. The topological polar surface area (TPSA) is 79.4 Å². The fraction of sp³-hybridized carbons (Fsp3) is 0.130. The number of aromatic nitrogens is 1. The summed E-state index contributed by atoms with van der Waals surface area (Å²) in [5.74, 6) is -0.234. The Kier molecular flexibility index (Phi) is 4.75. The zero-order valence-electron chi connectivity index (χ0n) is 16.6. The molecule has 2 heterocycles. The van der Waals surface area contributed by atoms with Crippen LogP contribution in [0.5, 0.6) is 0 Å². The normalized spacial score (nSPS) is 15.8. The van der Waals surface area contributed by atoms with Gasteiger partial charge in [-0.1, -0.05) is 18.2 Å². The third-order valence-corrected chi connectivity index (χ3v) is 8.13. The second-order valence-corrected chi connectivity index (χ2v) is 10.2. The Balaban J connectivity index is 1.43. The maximum Gasteiger partial charge on any atom is 0.264 e. The average Bonchev–Trinajstić information content (AvgIpc) is 3.36. The number of amides is 1. The first kappa shape index (κ1) is 19.7. The molecule has 8 heteroatoms. The highest BCUT2D eigenvalue weighted by molar-refractivity contribution is 7.92. The molecule has 5 rings (SSSR count). The number of carbonyl (C=O) groups excluding carboxylic acids is 1. The van der Waals surface area contributed by atoms with Crippen molar-refractivity contribution in [2.75, 3.05) is 9.62 Å². The highest BCUT2D eigenvalue weighted by Crippen LogP contribution is 2.37. The van der Waals surface area contributed by atoms with Crippen molar-refractivity contribution in [2.45, 2.75) is 24.3 Å². The van der Waals surface area contributed by atoms with Crippen LogP contribution >= 0.6 is 11.5 Å². The maximum atomic E-state index is 13.2. The lowest BCUT2D eigenvalue weighted by atomic mass is 10.1. The summed E-state index contributed by atoms with van der Waals surface area (Å²) in [6.45, 7) is 1.88. The van der Waals surface area contributed by atoms with Crippen molar-refractivity contribution in [3.8, 4) is 0 Å². The van der Waals surface area contributed by atoms with Gasteiger partial charge in [0.15, 0.2) is 0 Å². The highest BCUT2D eigenvalue weighted by Gasteiger charge is 2.36. The third-order valence-electron chi connectivity index (χ3n) is 5.41. The van der Waals surface area contributed by atoms with Crippen LogP contribution in [0.2, 0.25) is 0 Å². The summed E-state index contributed by atoms with van der Waals surface area (Å²) in [4.78, 5) is 13.1. The molecular formula is C23H19N3O3S2. The van der Waals surface area contributed by atoms with Gasteiger partial charge in [0.25, 0.3) is 15.9 Å². The van der Waals surface area contributed by atoms with Crippen molar-refractivity contribution in [3.05, 3.63) is 84.1 Å². The zero-order chi connectivity index (χ0) is 21.6. The van der Waals surface area contributed by atoms with Gasteiger partial charge < -0.3 is 5.32 Å². The van der Waals surface area contributed by atoms with Crippen molar-refractivity contribution in [3.63, 3.8) is 0 Å². The van der Waals surface area contributed by atoms with E-state index in [0.717, 1.165) is 15.6 Å². The minimum atomic E-state index is -3.67. The number of nitrogens with zero attached hydrogens (tertiary/aromatic N) is 2. The molecule has 0 aliphatic carbocycles. The van der Waals surface area contributed by atoms with Gasteiger partial charge in [-0.25, -0.2) is 8.42 Å². The summed E-state index contributed by atoms with van der Waals surface area (Å²) < 4.78 is 33.1. The molecule has 3 aromatic carbocycles. The second-order valence-electron chi connectivity index (χ2n) is 7.54. The molecule has 156 valence electrons. The SMILES string of the molecule is C[C@@H]1Cc2cc(C(=O)Nc3ccc4sncc4c3)ccc2N1S(=O)(=O)c1ccccc1. The Bertz CT molecular complexity index is 1400. The molecule has 4 aromatic rings. The Labute approximate surface area is 184 Å². The van der Waals surface area contributed by atoms with Crippen molar-refractivity contribution in [1.82, 2.24) is 4.37 Å². The molecule has 0 radical (unpaired) electrons. The summed E-state index contributed by atoms with van der Waals surface area (Å²) >= 11 is 1.41. The monoisotopic (exact) mass is 449 g/mol. The molecular weight excluding hydrogens is 430 g/mol. The van der Waals surface area contributed by atoms with Crippen LogP contribution in [-0.2, 0) is 16.4 Å². The Hall–Kier alpha value is -3.23. The predicted octanol–water partition coefficient (Wildman–Crippen LogP) is 4.69. The van der Waals surface area contributed by atoms with E-state index in [1.807, 2.05) is 25.1 Å². The summed E-state index contributed by atoms with van der Waals surface area (Å²) in [5, 5.41) is 3.89. The van der Waals surface area contributed by atoms with Gasteiger partial charge in [0, 0.05) is 28.9 Å². The van der Waals surface area contributed by atoms with E-state index in [9.17, 15) is 13.2 Å². The van der Waals surface area contributed by atoms with Gasteiger partial charge in [-0.2, -0.15) is 4.37 Å². The van der Waals surface area contributed by atoms with E-state index >= 15 is 0 Å². The van der Waals surface area contributed by atoms with Crippen LogP contribution in [0, 0.1) is 0 Å². The molecule has 0 fully saturated rings. The maximum absolute atomic E-state index is 13.2. The van der Waals surface area contributed by atoms with Crippen LogP contribution in [-0.4, -0.2) is 24.7 Å². The van der Waals surface area contributed by atoms with Crippen LogP contribution in [0.25, 0.3) is 10.1 Å². The van der Waals surface area contributed by atoms with E-state index in [-0.39, 0.29) is 16.8 Å². The summed E-state index contributed by atoms with van der Waals surface area (Å²) in [5.41, 5.74) is 2.66. The molecule has 0 saturated carbocycles. The first-order valence-corrected chi connectivity index (χ1v) is 12.0. The lowest BCUT2D eigenvalue weighted by Crippen LogP contribution is -2.35. The number of fused-ring (bicyclic) bond motifs is 2. The number of hydrogen-bond acceptors (Lipinski definition) is 5.